The van der Waals surface area contributed by atoms with Crippen LogP contribution in [0.15, 0.2) is 115 Å². The van der Waals surface area contributed by atoms with Gasteiger partial charge in [0.25, 0.3) is 0 Å². The van der Waals surface area contributed by atoms with E-state index in [1.165, 1.54) is 0 Å². The molecule has 4 nitrogen and oxygen atoms in total. The standard InChI is InChI=1S/C34H25ClN4/c1-22-19-26(31-15-9-10-18-36-31)16-17-28(22)29-20-27(35)21-30(23(29)2)34-38-32(24-11-5-3-6-12-24)37-33(39-34)25-13-7-4-8-14-25/h3-21H,1-2H3. The number of pyridine rings is 1. The van der Waals surface area contributed by atoms with Crippen LogP contribution in [0.4, 0.5) is 0 Å². The molecule has 0 fully saturated rings. The van der Waals surface area contributed by atoms with Gasteiger partial charge in [-0.1, -0.05) is 90.5 Å². The van der Waals surface area contributed by atoms with Gasteiger partial charge in [0.05, 0.1) is 5.69 Å². The maximum absolute atomic E-state index is 6.73. The van der Waals surface area contributed by atoms with E-state index < -0.39 is 0 Å². The molecule has 4 aromatic carbocycles. The smallest absolute Gasteiger partial charge is 0.164 e. The van der Waals surface area contributed by atoms with Crippen molar-refractivity contribution < 1.29 is 0 Å². The number of aryl methyl sites for hydroxylation is 1. The van der Waals surface area contributed by atoms with E-state index >= 15 is 0 Å². The Hall–Kier alpha value is -4.67. The van der Waals surface area contributed by atoms with Crippen molar-refractivity contribution in [1.29, 1.82) is 0 Å². The summed E-state index contributed by atoms with van der Waals surface area (Å²) < 4.78 is 0. The van der Waals surface area contributed by atoms with E-state index in [-0.39, 0.29) is 0 Å². The summed E-state index contributed by atoms with van der Waals surface area (Å²) in [6.45, 7) is 4.22. The van der Waals surface area contributed by atoms with E-state index in [0.717, 1.165) is 50.2 Å². The maximum atomic E-state index is 6.73. The van der Waals surface area contributed by atoms with E-state index in [1.807, 2.05) is 97.2 Å². The number of nitrogens with zero attached hydrogens (tertiary/aromatic N) is 4. The van der Waals surface area contributed by atoms with E-state index in [0.29, 0.717) is 22.5 Å². The third-order valence-corrected chi connectivity index (χ3v) is 7.01. The van der Waals surface area contributed by atoms with E-state index in [4.69, 9.17) is 26.6 Å². The molecule has 0 aliphatic rings. The zero-order valence-electron chi connectivity index (χ0n) is 21.6. The second kappa shape index (κ2) is 10.6. The van der Waals surface area contributed by atoms with Gasteiger partial charge in [-0.3, -0.25) is 4.98 Å². The Balaban J connectivity index is 1.51. The Morgan fingerprint density at radius 3 is 1.69 bits per heavy atom. The molecule has 2 aromatic heterocycles. The predicted molar refractivity (Wildman–Crippen MR) is 159 cm³/mol. The van der Waals surface area contributed by atoms with Gasteiger partial charge in [-0.25, -0.2) is 15.0 Å². The van der Waals surface area contributed by atoms with Crippen LogP contribution in [0.2, 0.25) is 5.02 Å². The average Bonchev–Trinajstić information content (AvgIpc) is 2.99. The van der Waals surface area contributed by atoms with Crippen molar-refractivity contribution in [3.05, 3.63) is 132 Å². The van der Waals surface area contributed by atoms with Gasteiger partial charge >= 0.3 is 0 Å². The van der Waals surface area contributed by atoms with Gasteiger partial charge < -0.3 is 0 Å². The topological polar surface area (TPSA) is 51.6 Å². The normalized spacial score (nSPS) is 10.9. The van der Waals surface area contributed by atoms with Crippen LogP contribution in [0.1, 0.15) is 11.1 Å². The summed E-state index contributed by atoms with van der Waals surface area (Å²) in [4.78, 5) is 19.2. The second-order valence-corrected chi connectivity index (χ2v) is 9.85. The summed E-state index contributed by atoms with van der Waals surface area (Å²) in [7, 11) is 0. The SMILES string of the molecule is Cc1cc(-c2ccccn2)ccc1-c1cc(Cl)cc(-c2nc(-c3ccccc3)nc(-c3ccccc3)n2)c1C. The number of benzene rings is 4. The molecule has 6 aromatic rings. The number of rotatable bonds is 5. The molecule has 0 saturated carbocycles. The summed E-state index contributed by atoms with van der Waals surface area (Å²) in [5, 5.41) is 0.627. The third-order valence-electron chi connectivity index (χ3n) is 6.79. The van der Waals surface area contributed by atoms with Gasteiger partial charge in [0.15, 0.2) is 17.5 Å². The lowest BCUT2D eigenvalue weighted by Gasteiger charge is -2.16. The molecule has 0 aliphatic carbocycles. The van der Waals surface area contributed by atoms with E-state index in [2.05, 4.69) is 37.0 Å². The Morgan fingerprint density at radius 1 is 0.513 bits per heavy atom. The van der Waals surface area contributed by atoms with Gasteiger partial charge in [-0.2, -0.15) is 0 Å². The first-order valence-electron chi connectivity index (χ1n) is 12.8. The van der Waals surface area contributed by atoms with Gasteiger partial charge in [-0.15, -0.1) is 0 Å². The Bertz CT molecular complexity index is 1710. The lowest BCUT2D eigenvalue weighted by Crippen LogP contribution is -2.02. The molecule has 0 radical (unpaired) electrons. The molecule has 39 heavy (non-hydrogen) atoms. The highest BCUT2D eigenvalue weighted by Gasteiger charge is 2.18. The number of hydrogen-bond acceptors (Lipinski definition) is 4. The maximum Gasteiger partial charge on any atom is 0.164 e. The van der Waals surface area contributed by atoms with Gasteiger partial charge in [0, 0.05) is 33.5 Å². The van der Waals surface area contributed by atoms with Crippen molar-refractivity contribution in [3.63, 3.8) is 0 Å². The van der Waals surface area contributed by atoms with Crippen LogP contribution < -0.4 is 0 Å². The van der Waals surface area contributed by atoms with Gasteiger partial charge in [0.2, 0.25) is 0 Å². The monoisotopic (exact) mass is 524 g/mol. The molecular formula is C34H25ClN4. The minimum Gasteiger partial charge on any atom is -0.256 e. The van der Waals surface area contributed by atoms with Crippen LogP contribution in [-0.2, 0) is 0 Å². The van der Waals surface area contributed by atoms with E-state index in [1.54, 1.807) is 0 Å². The Labute approximate surface area is 233 Å². The molecule has 0 bridgehead atoms. The lowest BCUT2D eigenvalue weighted by atomic mass is 9.92. The molecular weight excluding hydrogens is 500 g/mol. The Morgan fingerprint density at radius 2 is 1.10 bits per heavy atom. The fourth-order valence-electron chi connectivity index (χ4n) is 4.78. The van der Waals surface area contributed by atoms with Crippen LogP contribution in [0, 0.1) is 13.8 Å². The molecule has 0 atom stereocenters. The number of hydrogen-bond donors (Lipinski definition) is 0. The average molecular weight is 525 g/mol. The molecule has 188 valence electrons. The quantitative estimate of drug-likeness (QED) is 0.226. The minimum absolute atomic E-state index is 0.590. The van der Waals surface area contributed by atoms with Crippen molar-refractivity contribution >= 4 is 11.6 Å². The van der Waals surface area contributed by atoms with Crippen molar-refractivity contribution in [2.24, 2.45) is 0 Å². The molecule has 0 spiro atoms. The molecule has 0 saturated heterocycles. The first-order valence-corrected chi connectivity index (χ1v) is 13.1. The highest BCUT2D eigenvalue weighted by atomic mass is 35.5. The van der Waals surface area contributed by atoms with Crippen LogP contribution in [0.3, 0.4) is 0 Å². The highest BCUT2D eigenvalue weighted by Crippen LogP contribution is 2.37. The summed E-state index contributed by atoms with van der Waals surface area (Å²) in [5.41, 5.74) is 9.11. The zero-order valence-corrected chi connectivity index (χ0v) is 22.4. The van der Waals surface area contributed by atoms with Crippen LogP contribution in [-0.4, -0.2) is 19.9 Å². The first-order chi connectivity index (χ1) is 19.1. The highest BCUT2D eigenvalue weighted by molar-refractivity contribution is 6.31. The largest absolute Gasteiger partial charge is 0.256 e. The first kappa shape index (κ1) is 24.7. The van der Waals surface area contributed by atoms with Crippen molar-refractivity contribution in [2.45, 2.75) is 13.8 Å². The van der Waals surface area contributed by atoms with Crippen molar-refractivity contribution in [2.75, 3.05) is 0 Å². The van der Waals surface area contributed by atoms with Crippen LogP contribution in [0.5, 0.6) is 0 Å². The minimum atomic E-state index is 0.590. The van der Waals surface area contributed by atoms with Crippen molar-refractivity contribution in [3.8, 4) is 56.5 Å². The van der Waals surface area contributed by atoms with Gasteiger partial charge in [0.1, 0.15) is 0 Å². The Kier molecular flexibility index (Phi) is 6.70. The molecule has 6 rings (SSSR count). The third kappa shape index (κ3) is 5.07. The predicted octanol–water partition coefficient (Wildman–Crippen LogP) is 8.87. The summed E-state index contributed by atoms with van der Waals surface area (Å²) in [5.74, 6) is 1.83. The molecule has 5 heteroatoms. The summed E-state index contributed by atoms with van der Waals surface area (Å²) in [6, 6.07) is 36.3. The van der Waals surface area contributed by atoms with Crippen LogP contribution in [0.25, 0.3) is 56.5 Å². The fraction of sp³-hybridized carbons (Fsp3) is 0.0588. The number of halogens is 1. The number of aromatic nitrogens is 4. The molecule has 0 unspecified atom stereocenters. The molecule has 2 heterocycles. The zero-order chi connectivity index (χ0) is 26.8. The van der Waals surface area contributed by atoms with Crippen LogP contribution >= 0.6 is 11.6 Å². The van der Waals surface area contributed by atoms with E-state index in [9.17, 15) is 0 Å². The molecule has 0 amide bonds. The summed E-state index contributed by atoms with van der Waals surface area (Å²) >= 11 is 6.73. The molecule has 0 aliphatic heterocycles. The second-order valence-electron chi connectivity index (χ2n) is 9.41. The van der Waals surface area contributed by atoms with Gasteiger partial charge in [-0.05, 0) is 66.4 Å². The summed E-state index contributed by atoms with van der Waals surface area (Å²) in [6.07, 6.45) is 1.81. The fourth-order valence-corrected chi connectivity index (χ4v) is 5.00. The lowest BCUT2D eigenvalue weighted by molar-refractivity contribution is 1.07. The molecule has 0 N–H and O–H groups in total. The van der Waals surface area contributed by atoms with Crippen molar-refractivity contribution in [1.82, 2.24) is 19.9 Å².